The molecule has 0 aromatic heterocycles. The van der Waals surface area contributed by atoms with Gasteiger partial charge in [-0.1, -0.05) is 38.3 Å². The van der Waals surface area contributed by atoms with E-state index in [1.54, 1.807) is 24.3 Å². The second kappa shape index (κ2) is 9.82. The molecule has 0 fully saturated rings. The Hall–Kier alpha value is -2.04. The minimum atomic E-state index is -1.00. The van der Waals surface area contributed by atoms with Gasteiger partial charge in [-0.2, -0.15) is 0 Å². The number of hydrogen-bond donors (Lipinski definition) is 2. The average molecular weight is 307 g/mol. The van der Waals surface area contributed by atoms with E-state index in [0.29, 0.717) is 12.2 Å². The van der Waals surface area contributed by atoms with Crippen LogP contribution in [0, 0.1) is 0 Å². The summed E-state index contributed by atoms with van der Waals surface area (Å²) >= 11 is 0. The lowest BCUT2D eigenvalue weighted by atomic mass is 9.95. The maximum Gasteiger partial charge on any atom is 0.311 e. The van der Waals surface area contributed by atoms with E-state index in [9.17, 15) is 14.7 Å². The summed E-state index contributed by atoms with van der Waals surface area (Å²) in [6, 6.07) is 6.94. The lowest BCUT2D eigenvalue weighted by Crippen LogP contribution is -2.24. The molecule has 1 amide bonds. The normalized spacial score (nSPS) is 11.7. The van der Waals surface area contributed by atoms with Gasteiger partial charge in [-0.3, -0.25) is 9.59 Å². The Kier molecular flexibility index (Phi) is 8.04. The summed E-state index contributed by atoms with van der Waals surface area (Å²) in [6.07, 6.45) is 4.51. The average Bonchev–Trinajstić information content (AvgIpc) is 2.52. The molecule has 0 heterocycles. The van der Waals surface area contributed by atoms with Crippen LogP contribution >= 0.6 is 0 Å². The SMILES string of the molecule is CCCCCCOc1ccc([C@@H](CC(=O)NC)C(=O)O)cc1. The quantitative estimate of drug-likeness (QED) is 0.652. The number of carbonyl (C=O) groups is 2. The molecule has 0 aliphatic heterocycles. The summed E-state index contributed by atoms with van der Waals surface area (Å²) in [5, 5.41) is 11.7. The molecule has 0 aliphatic carbocycles. The van der Waals surface area contributed by atoms with Crippen molar-refractivity contribution < 1.29 is 19.4 Å². The number of hydrogen-bond acceptors (Lipinski definition) is 3. The Bertz CT molecular complexity index is 470. The van der Waals surface area contributed by atoms with Crippen LogP contribution in [0.25, 0.3) is 0 Å². The Labute approximate surface area is 131 Å². The van der Waals surface area contributed by atoms with Crippen LogP contribution in [0.15, 0.2) is 24.3 Å². The van der Waals surface area contributed by atoms with Gasteiger partial charge in [0.25, 0.3) is 0 Å². The van der Waals surface area contributed by atoms with E-state index in [-0.39, 0.29) is 12.3 Å². The van der Waals surface area contributed by atoms with Gasteiger partial charge in [0.05, 0.1) is 12.5 Å². The number of benzene rings is 1. The van der Waals surface area contributed by atoms with E-state index in [1.807, 2.05) is 0 Å². The number of carboxylic acids is 1. The maximum absolute atomic E-state index is 11.4. The highest BCUT2D eigenvalue weighted by molar-refractivity contribution is 5.85. The Morgan fingerprint density at radius 1 is 1.18 bits per heavy atom. The van der Waals surface area contributed by atoms with E-state index < -0.39 is 11.9 Å². The van der Waals surface area contributed by atoms with Crippen molar-refractivity contribution in [1.29, 1.82) is 0 Å². The second-order valence-electron chi connectivity index (χ2n) is 5.25. The number of carbonyl (C=O) groups excluding carboxylic acids is 1. The predicted molar refractivity (Wildman–Crippen MR) is 85.1 cm³/mol. The second-order valence-corrected chi connectivity index (χ2v) is 5.25. The van der Waals surface area contributed by atoms with Crippen LogP contribution in [-0.2, 0) is 9.59 Å². The van der Waals surface area contributed by atoms with Crippen LogP contribution in [0.4, 0.5) is 0 Å². The van der Waals surface area contributed by atoms with Gasteiger partial charge in [0.1, 0.15) is 5.75 Å². The molecule has 0 radical (unpaired) electrons. The first-order valence-electron chi connectivity index (χ1n) is 7.74. The molecule has 1 aromatic carbocycles. The van der Waals surface area contributed by atoms with E-state index in [1.165, 1.54) is 19.9 Å². The molecule has 5 nitrogen and oxygen atoms in total. The molecule has 5 heteroatoms. The number of nitrogens with one attached hydrogen (secondary N) is 1. The molecule has 0 saturated heterocycles. The van der Waals surface area contributed by atoms with E-state index in [0.717, 1.165) is 18.6 Å². The summed E-state index contributed by atoms with van der Waals surface area (Å²) in [7, 11) is 1.50. The number of rotatable bonds is 10. The number of aliphatic carboxylic acids is 1. The van der Waals surface area contributed by atoms with Gasteiger partial charge in [-0.15, -0.1) is 0 Å². The smallest absolute Gasteiger partial charge is 0.311 e. The fourth-order valence-electron chi connectivity index (χ4n) is 2.15. The number of unbranched alkanes of at least 4 members (excludes halogenated alkanes) is 3. The van der Waals surface area contributed by atoms with Crippen molar-refractivity contribution in [2.24, 2.45) is 0 Å². The summed E-state index contributed by atoms with van der Waals surface area (Å²) < 4.78 is 5.62. The monoisotopic (exact) mass is 307 g/mol. The van der Waals surface area contributed by atoms with Crippen molar-refractivity contribution >= 4 is 11.9 Å². The van der Waals surface area contributed by atoms with Crippen molar-refractivity contribution in [2.75, 3.05) is 13.7 Å². The summed E-state index contributed by atoms with van der Waals surface area (Å²) in [5.74, 6) is -1.40. The zero-order valence-corrected chi connectivity index (χ0v) is 13.3. The van der Waals surface area contributed by atoms with Gasteiger partial charge < -0.3 is 15.2 Å². The van der Waals surface area contributed by atoms with E-state index in [4.69, 9.17) is 4.74 Å². The number of carboxylic acid groups (broad SMARTS) is 1. The molecule has 0 spiro atoms. The summed E-state index contributed by atoms with van der Waals surface area (Å²) in [6.45, 7) is 2.83. The largest absolute Gasteiger partial charge is 0.494 e. The van der Waals surface area contributed by atoms with Crippen molar-refractivity contribution in [1.82, 2.24) is 5.32 Å². The topological polar surface area (TPSA) is 75.6 Å². The first-order valence-corrected chi connectivity index (χ1v) is 7.74. The fourth-order valence-corrected chi connectivity index (χ4v) is 2.15. The Morgan fingerprint density at radius 3 is 2.41 bits per heavy atom. The summed E-state index contributed by atoms with van der Waals surface area (Å²) in [4.78, 5) is 22.7. The molecule has 0 aliphatic rings. The van der Waals surface area contributed by atoms with Gasteiger partial charge in [0, 0.05) is 13.5 Å². The molecule has 0 saturated carbocycles. The fraction of sp³-hybridized carbons (Fsp3) is 0.529. The first kappa shape index (κ1) is 18.0. The predicted octanol–water partition coefficient (Wildman–Crippen LogP) is 2.95. The first-order chi connectivity index (χ1) is 10.6. The molecule has 22 heavy (non-hydrogen) atoms. The van der Waals surface area contributed by atoms with Crippen LogP contribution in [0.5, 0.6) is 5.75 Å². The van der Waals surface area contributed by atoms with Gasteiger partial charge >= 0.3 is 5.97 Å². The number of ether oxygens (including phenoxy) is 1. The van der Waals surface area contributed by atoms with E-state index >= 15 is 0 Å². The van der Waals surface area contributed by atoms with Crippen LogP contribution < -0.4 is 10.1 Å². The molecule has 1 atom stereocenters. The third-order valence-electron chi connectivity index (χ3n) is 3.52. The highest BCUT2D eigenvalue weighted by Gasteiger charge is 2.22. The minimum absolute atomic E-state index is 0.0664. The van der Waals surface area contributed by atoms with Gasteiger partial charge in [0.2, 0.25) is 5.91 Å². The van der Waals surface area contributed by atoms with Crippen molar-refractivity contribution in [3.05, 3.63) is 29.8 Å². The molecular formula is C17H25NO4. The highest BCUT2D eigenvalue weighted by atomic mass is 16.5. The molecule has 0 bridgehead atoms. The molecule has 1 rings (SSSR count). The molecule has 122 valence electrons. The van der Waals surface area contributed by atoms with Crippen LogP contribution in [0.2, 0.25) is 0 Å². The third-order valence-corrected chi connectivity index (χ3v) is 3.52. The Morgan fingerprint density at radius 2 is 1.86 bits per heavy atom. The Balaban J connectivity index is 2.57. The van der Waals surface area contributed by atoms with Gasteiger partial charge in [-0.05, 0) is 24.1 Å². The molecule has 1 aromatic rings. The molecule has 0 unspecified atom stereocenters. The molecule has 2 N–H and O–H groups in total. The lowest BCUT2D eigenvalue weighted by molar-refractivity contribution is -0.140. The van der Waals surface area contributed by atoms with Crippen LogP contribution in [-0.4, -0.2) is 30.6 Å². The lowest BCUT2D eigenvalue weighted by Gasteiger charge is -2.13. The minimum Gasteiger partial charge on any atom is -0.494 e. The van der Waals surface area contributed by atoms with Crippen LogP contribution in [0.3, 0.4) is 0 Å². The standard InChI is InChI=1S/C17H25NO4/c1-3-4-5-6-11-22-14-9-7-13(8-10-14)15(17(20)21)12-16(19)18-2/h7-10,15H,3-6,11-12H2,1-2H3,(H,18,19)(H,20,21)/t15-/m1/s1. The number of amides is 1. The van der Waals surface area contributed by atoms with Crippen molar-refractivity contribution in [3.63, 3.8) is 0 Å². The van der Waals surface area contributed by atoms with Crippen molar-refractivity contribution in [3.8, 4) is 5.75 Å². The van der Waals surface area contributed by atoms with E-state index in [2.05, 4.69) is 12.2 Å². The van der Waals surface area contributed by atoms with Gasteiger partial charge in [-0.25, -0.2) is 0 Å². The van der Waals surface area contributed by atoms with Crippen LogP contribution in [0.1, 0.15) is 50.5 Å². The van der Waals surface area contributed by atoms with Crippen molar-refractivity contribution in [2.45, 2.75) is 44.9 Å². The highest BCUT2D eigenvalue weighted by Crippen LogP contribution is 2.23. The summed E-state index contributed by atoms with van der Waals surface area (Å²) in [5.41, 5.74) is 0.606. The molecular weight excluding hydrogens is 282 g/mol. The third kappa shape index (κ3) is 6.16. The van der Waals surface area contributed by atoms with Gasteiger partial charge in [0.15, 0.2) is 0 Å². The maximum atomic E-state index is 11.4. The zero-order valence-electron chi connectivity index (χ0n) is 13.3. The zero-order chi connectivity index (χ0) is 16.4.